The number of rotatable bonds is 7. The third-order valence-corrected chi connectivity index (χ3v) is 2.72. The Morgan fingerprint density at radius 2 is 1.71 bits per heavy atom. The van der Waals surface area contributed by atoms with E-state index in [2.05, 4.69) is 13.2 Å². The molecule has 0 atom stereocenters. The lowest BCUT2D eigenvalue weighted by Gasteiger charge is -2.07. The number of hydrogen-bond acceptors (Lipinski definition) is 2. The number of ether oxygens (including phenoxy) is 1. The molecule has 0 radical (unpaired) electrons. The van der Waals surface area contributed by atoms with Gasteiger partial charge < -0.3 is 10.5 Å². The third kappa shape index (κ3) is 4.77. The highest BCUT2D eigenvalue weighted by molar-refractivity contribution is 5.63. The zero-order valence-electron chi connectivity index (χ0n) is 10.5. The van der Waals surface area contributed by atoms with Crippen LogP contribution in [0.2, 0.25) is 0 Å². The molecule has 0 saturated heterocycles. The van der Waals surface area contributed by atoms with E-state index < -0.39 is 0 Å². The minimum atomic E-state index is 0.764. The first-order chi connectivity index (χ1) is 8.13. The normalized spacial score (nSPS) is 9.94. The fourth-order valence-corrected chi connectivity index (χ4v) is 1.66. The molecule has 1 rings (SSSR count). The first kappa shape index (κ1) is 13.4. The van der Waals surface area contributed by atoms with Gasteiger partial charge in [-0.3, -0.25) is 0 Å². The van der Waals surface area contributed by atoms with Crippen LogP contribution in [0.25, 0.3) is 5.57 Å². The molecule has 0 amide bonds. The summed E-state index contributed by atoms with van der Waals surface area (Å²) < 4.78 is 5.12. The maximum absolute atomic E-state index is 5.52. The van der Waals surface area contributed by atoms with Gasteiger partial charge in [-0.15, -0.1) is 0 Å². The second-order valence-electron chi connectivity index (χ2n) is 4.20. The zero-order chi connectivity index (χ0) is 12.7. The molecule has 0 unspecified atom stereocenters. The Labute approximate surface area is 104 Å². The fraction of sp³-hybridized carbons (Fsp3) is 0.333. The van der Waals surface area contributed by atoms with Crippen LogP contribution in [0.15, 0.2) is 43.1 Å². The molecule has 0 bridgehead atoms. The quantitative estimate of drug-likeness (QED) is 0.725. The molecule has 0 heterocycles. The van der Waals surface area contributed by atoms with Crippen LogP contribution in [0.3, 0.4) is 0 Å². The highest BCUT2D eigenvalue weighted by Crippen LogP contribution is 2.22. The van der Waals surface area contributed by atoms with Crippen LogP contribution in [0, 0.1) is 0 Å². The molecule has 0 saturated carbocycles. The summed E-state index contributed by atoms with van der Waals surface area (Å²) >= 11 is 0. The van der Waals surface area contributed by atoms with Crippen molar-refractivity contribution in [3.8, 4) is 5.75 Å². The van der Waals surface area contributed by atoms with Gasteiger partial charge in [0.2, 0.25) is 0 Å². The smallest absolute Gasteiger partial charge is 0.118 e. The Hall–Kier alpha value is -1.70. The predicted octanol–water partition coefficient (Wildman–Crippen LogP) is 3.74. The van der Waals surface area contributed by atoms with E-state index in [0.717, 1.165) is 42.7 Å². The van der Waals surface area contributed by atoms with Gasteiger partial charge in [0.25, 0.3) is 0 Å². The lowest BCUT2D eigenvalue weighted by molar-refractivity contribution is 0.415. The molecule has 2 nitrogen and oxygen atoms in total. The van der Waals surface area contributed by atoms with Gasteiger partial charge in [-0.2, -0.15) is 0 Å². The maximum atomic E-state index is 5.52. The largest absolute Gasteiger partial charge is 0.497 e. The SMILES string of the molecule is C=C(N)CCCCC(=C)c1ccc(OC)cc1. The molecule has 92 valence electrons. The Morgan fingerprint density at radius 3 is 2.24 bits per heavy atom. The van der Waals surface area contributed by atoms with Crippen molar-refractivity contribution in [3.05, 3.63) is 48.7 Å². The Balaban J connectivity index is 2.38. The number of unbranched alkanes of at least 4 members (excludes halogenated alkanes) is 1. The number of benzene rings is 1. The van der Waals surface area contributed by atoms with E-state index in [1.807, 2.05) is 24.3 Å². The van der Waals surface area contributed by atoms with E-state index >= 15 is 0 Å². The molecule has 0 aliphatic carbocycles. The van der Waals surface area contributed by atoms with Crippen LogP contribution in [-0.2, 0) is 0 Å². The van der Waals surface area contributed by atoms with Gasteiger partial charge >= 0.3 is 0 Å². The molecule has 0 fully saturated rings. The van der Waals surface area contributed by atoms with Crippen molar-refractivity contribution in [3.63, 3.8) is 0 Å². The van der Waals surface area contributed by atoms with Crippen molar-refractivity contribution in [2.45, 2.75) is 25.7 Å². The molecular formula is C15H21NO. The number of methoxy groups -OCH3 is 1. The summed E-state index contributed by atoms with van der Waals surface area (Å²) in [4.78, 5) is 0. The van der Waals surface area contributed by atoms with Gasteiger partial charge in [0, 0.05) is 5.70 Å². The van der Waals surface area contributed by atoms with Gasteiger partial charge in [-0.05, 0) is 49.0 Å². The summed E-state index contributed by atoms with van der Waals surface area (Å²) in [6.07, 6.45) is 4.07. The highest BCUT2D eigenvalue weighted by atomic mass is 16.5. The molecule has 0 spiro atoms. The number of nitrogens with two attached hydrogens (primary N) is 1. The van der Waals surface area contributed by atoms with E-state index in [1.54, 1.807) is 7.11 Å². The van der Waals surface area contributed by atoms with Crippen molar-refractivity contribution in [2.75, 3.05) is 7.11 Å². The summed E-state index contributed by atoms with van der Waals surface area (Å²) in [6.45, 7) is 7.79. The van der Waals surface area contributed by atoms with E-state index in [0.29, 0.717) is 0 Å². The second kappa shape index (κ2) is 6.79. The monoisotopic (exact) mass is 231 g/mol. The van der Waals surface area contributed by atoms with Crippen LogP contribution in [0.4, 0.5) is 0 Å². The zero-order valence-corrected chi connectivity index (χ0v) is 10.5. The summed E-state index contributed by atoms with van der Waals surface area (Å²) in [7, 11) is 1.67. The van der Waals surface area contributed by atoms with Crippen LogP contribution in [0.5, 0.6) is 5.75 Å². The van der Waals surface area contributed by atoms with E-state index in [1.165, 1.54) is 5.56 Å². The highest BCUT2D eigenvalue weighted by Gasteiger charge is 2.00. The minimum Gasteiger partial charge on any atom is -0.497 e. The van der Waals surface area contributed by atoms with Gasteiger partial charge in [0.05, 0.1) is 7.11 Å². The summed E-state index contributed by atoms with van der Waals surface area (Å²) in [5, 5.41) is 0. The Morgan fingerprint density at radius 1 is 1.12 bits per heavy atom. The summed E-state index contributed by atoms with van der Waals surface area (Å²) in [6, 6.07) is 8.01. The Bertz CT molecular complexity index is 378. The molecule has 17 heavy (non-hydrogen) atoms. The van der Waals surface area contributed by atoms with Crippen LogP contribution in [0.1, 0.15) is 31.2 Å². The van der Waals surface area contributed by atoms with Crippen molar-refractivity contribution in [1.29, 1.82) is 0 Å². The van der Waals surface area contributed by atoms with Crippen LogP contribution in [-0.4, -0.2) is 7.11 Å². The van der Waals surface area contributed by atoms with E-state index in [-0.39, 0.29) is 0 Å². The van der Waals surface area contributed by atoms with Crippen molar-refractivity contribution < 1.29 is 4.74 Å². The molecule has 1 aromatic carbocycles. The van der Waals surface area contributed by atoms with Crippen molar-refractivity contribution in [1.82, 2.24) is 0 Å². The summed E-state index contributed by atoms with van der Waals surface area (Å²) in [5.41, 5.74) is 8.63. The van der Waals surface area contributed by atoms with Gasteiger partial charge in [0.1, 0.15) is 5.75 Å². The molecule has 0 aromatic heterocycles. The van der Waals surface area contributed by atoms with Gasteiger partial charge in [-0.25, -0.2) is 0 Å². The van der Waals surface area contributed by atoms with Crippen molar-refractivity contribution in [2.24, 2.45) is 5.73 Å². The molecule has 0 aliphatic rings. The molecule has 0 aliphatic heterocycles. The topological polar surface area (TPSA) is 35.2 Å². The van der Waals surface area contributed by atoms with Crippen LogP contribution >= 0.6 is 0 Å². The number of hydrogen-bond donors (Lipinski definition) is 1. The minimum absolute atomic E-state index is 0.764. The lowest BCUT2D eigenvalue weighted by atomic mass is 10.0. The van der Waals surface area contributed by atoms with Gasteiger partial charge in [-0.1, -0.05) is 25.3 Å². The van der Waals surface area contributed by atoms with Crippen molar-refractivity contribution >= 4 is 5.57 Å². The predicted molar refractivity (Wildman–Crippen MR) is 73.8 cm³/mol. The Kier molecular flexibility index (Phi) is 5.34. The number of allylic oxidation sites excluding steroid dienone is 2. The molecule has 1 aromatic rings. The van der Waals surface area contributed by atoms with E-state index in [9.17, 15) is 0 Å². The molecule has 2 N–H and O–H groups in total. The maximum Gasteiger partial charge on any atom is 0.118 e. The lowest BCUT2D eigenvalue weighted by Crippen LogP contribution is -1.94. The fourth-order valence-electron chi connectivity index (χ4n) is 1.66. The molecule has 2 heteroatoms. The standard InChI is InChI=1S/C15H21NO/c1-12(6-4-5-7-13(2)16)14-8-10-15(17-3)11-9-14/h8-11H,1-2,4-7,16H2,3H3. The first-order valence-corrected chi connectivity index (χ1v) is 5.89. The van der Waals surface area contributed by atoms with Gasteiger partial charge in [0.15, 0.2) is 0 Å². The average molecular weight is 231 g/mol. The first-order valence-electron chi connectivity index (χ1n) is 5.89. The average Bonchev–Trinajstić information content (AvgIpc) is 2.34. The molecular weight excluding hydrogens is 210 g/mol. The summed E-state index contributed by atoms with van der Waals surface area (Å²) in [5.74, 6) is 0.876. The third-order valence-electron chi connectivity index (χ3n) is 2.72. The van der Waals surface area contributed by atoms with Crippen LogP contribution < -0.4 is 10.5 Å². The van der Waals surface area contributed by atoms with E-state index in [4.69, 9.17) is 10.5 Å². The second-order valence-corrected chi connectivity index (χ2v) is 4.20.